The highest BCUT2D eigenvalue weighted by Gasteiger charge is 2.34. The van der Waals surface area contributed by atoms with Crippen LogP contribution >= 0.6 is 27.7 Å². The Balaban J connectivity index is 1.58. The van der Waals surface area contributed by atoms with E-state index in [1.165, 1.54) is 23.9 Å². The molecule has 0 saturated carbocycles. The van der Waals surface area contributed by atoms with E-state index in [1.807, 2.05) is 30.3 Å². The molecule has 2 amide bonds. The summed E-state index contributed by atoms with van der Waals surface area (Å²) in [5.74, 6) is -0.362. The molecule has 0 bridgehead atoms. The third-order valence-corrected chi connectivity index (χ3v) is 6.23. The lowest BCUT2D eigenvalue weighted by molar-refractivity contribution is -0.115. The molecule has 4 rings (SSSR count). The SMILES string of the molecule is O=C(Nc1cccc([C@@H]2SCC(=O)N2c2cccc(F)c2)c1)c1ccc(Br)cc1. The second kappa shape index (κ2) is 8.39. The molecular formula is C22H16BrFN2O2S. The standard InChI is InChI=1S/C22H16BrFN2O2S/c23-16-9-7-14(8-10-16)21(28)25-18-5-1-3-15(11-18)22-26(20(27)13-29-22)19-6-2-4-17(24)12-19/h1-12,22H,13H2,(H,25,28)/t22-/m0/s1. The first kappa shape index (κ1) is 19.7. The summed E-state index contributed by atoms with van der Waals surface area (Å²) >= 11 is 4.83. The predicted octanol–water partition coefficient (Wildman–Crippen LogP) is 5.62. The molecule has 1 N–H and O–H groups in total. The van der Waals surface area contributed by atoms with Gasteiger partial charge in [-0.25, -0.2) is 4.39 Å². The lowest BCUT2D eigenvalue weighted by Gasteiger charge is -2.24. The van der Waals surface area contributed by atoms with E-state index in [0.717, 1.165) is 10.0 Å². The second-order valence-corrected chi connectivity index (χ2v) is 8.48. The van der Waals surface area contributed by atoms with Crippen molar-refractivity contribution in [1.29, 1.82) is 0 Å². The molecular weight excluding hydrogens is 455 g/mol. The summed E-state index contributed by atoms with van der Waals surface area (Å²) in [5, 5.41) is 2.61. The van der Waals surface area contributed by atoms with Crippen molar-refractivity contribution < 1.29 is 14.0 Å². The minimum absolute atomic E-state index is 0.0742. The highest BCUT2D eigenvalue weighted by atomic mass is 79.9. The fraction of sp³-hybridized carbons (Fsp3) is 0.0909. The summed E-state index contributed by atoms with van der Waals surface area (Å²) in [5.41, 5.74) is 2.56. The minimum Gasteiger partial charge on any atom is -0.322 e. The van der Waals surface area contributed by atoms with E-state index in [2.05, 4.69) is 21.2 Å². The molecule has 0 aliphatic carbocycles. The summed E-state index contributed by atoms with van der Waals surface area (Å²) in [7, 11) is 0. The van der Waals surface area contributed by atoms with Crippen LogP contribution in [0.3, 0.4) is 0 Å². The van der Waals surface area contributed by atoms with Crippen LogP contribution in [0.15, 0.2) is 77.3 Å². The number of hydrogen-bond acceptors (Lipinski definition) is 3. The zero-order valence-corrected chi connectivity index (χ0v) is 17.5. The van der Waals surface area contributed by atoms with Gasteiger partial charge >= 0.3 is 0 Å². The Morgan fingerprint density at radius 1 is 1.07 bits per heavy atom. The Kier molecular flexibility index (Phi) is 5.69. The van der Waals surface area contributed by atoms with Gasteiger partial charge < -0.3 is 5.32 Å². The fourth-order valence-electron chi connectivity index (χ4n) is 3.15. The van der Waals surface area contributed by atoms with E-state index in [0.29, 0.717) is 22.7 Å². The maximum Gasteiger partial charge on any atom is 0.255 e. The van der Waals surface area contributed by atoms with Crippen LogP contribution in [0.1, 0.15) is 21.3 Å². The van der Waals surface area contributed by atoms with E-state index in [-0.39, 0.29) is 23.0 Å². The van der Waals surface area contributed by atoms with E-state index in [9.17, 15) is 14.0 Å². The molecule has 3 aromatic rings. The second-order valence-electron chi connectivity index (χ2n) is 6.49. The van der Waals surface area contributed by atoms with Crippen molar-refractivity contribution in [2.75, 3.05) is 16.0 Å². The number of rotatable bonds is 4. The van der Waals surface area contributed by atoms with Crippen molar-refractivity contribution in [2.45, 2.75) is 5.37 Å². The molecule has 1 fully saturated rings. The van der Waals surface area contributed by atoms with Crippen molar-refractivity contribution >= 4 is 50.9 Å². The summed E-state index contributed by atoms with van der Waals surface area (Å²) < 4.78 is 14.6. The summed E-state index contributed by atoms with van der Waals surface area (Å²) in [6, 6.07) is 20.5. The van der Waals surface area contributed by atoms with Crippen LogP contribution in [0, 0.1) is 5.82 Å². The summed E-state index contributed by atoms with van der Waals surface area (Å²) in [6.45, 7) is 0. The normalized spacial score (nSPS) is 16.1. The summed E-state index contributed by atoms with van der Waals surface area (Å²) in [4.78, 5) is 26.6. The molecule has 29 heavy (non-hydrogen) atoms. The predicted molar refractivity (Wildman–Crippen MR) is 118 cm³/mol. The van der Waals surface area contributed by atoms with Crippen LogP contribution in [0.4, 0.5) is 15.8 Å². The zero-order valence-electron chi connectivity index (χ0n) is 15.1. The molecule has 1 aliphatic rings. The van der Waals surface area contributed by atoms with Crippen LogP contribution in [0.5, 0.6) is 0 Å². The van der Waals surface area contributed by atoms with Crippen molar-refractivity contribution in [2.24, 2.45) is 0 Å². The van der Waals surface area contributed by atoms with Gasteiger partial charge in [-0.3, -0.25) is 14.5 Å². The van der Waals surface area contributed by atoms with Crippen LogP contribution in [0.2, 0.25) is 0 Å². The number of carbonyl (C=O) groups is 2. The molecule has 0 unspecified atom stereocenters. The van der Waals surface area contributed by atoms with Gasteiger partial charge in [0.25, 0.3) is 5.91 Å². The van der Waals surface area contributed by atoms with Crippen molar-refractivity contribution in [3.63, 3.8) is 0 Å². The van der Waals surface area contributed by atoms with Gasteiger partial charge in [-0.15, -0.1) is 11.8 Å². The maximum atomic E-state index is 13.7. The van der Waals surface area contributed by atoms with Crippen LogP contribution in [-0.4, -0.2) is 17.6 Å². The van der Waals surface area contributed by atoms with Crippen LogP contribution in [0.25, 0.3) is 0 Å². The average molecular weight is 471 g/mol. The van der Waals surface area contributed by atoms with Crippen LogP contribution < -0.4 is 10.2 Å². The molecule has 146 valence electrons. The smallest absolute Gasteiger partial charge is 0.255 e. The molecule has 7 heteroatoms. The number of nitrogens with one attached hydrogen (secondary N) is 1. The van der Waals surface area contributed by atoms with Gasteiger partial charge in [0.2, 0.25) is 5.91 Å². The molecule has 1 saturated heterocycles. The van der Waals surface area contributed by atoms with E-state index in [1.54, 1.807) is 35.2 Å². The van der Waals surface area contributed by atoms with Crippen molar-refractivity contribution in [3.8, 4) is 0 Å². The molecule has 3 aromatic carbocycles. The van der Waals surface area contributed by atoms with Crippen LogP contribution in [-0.2, 0) is 4.79 Å². The molecule has 0 spiro atoms. The molecule has 0 aromatic heterocycles. The van der Waals surface area contributed by atoms with E-state index in [4.69, 9.17) is 0 Å². The number of nitrogens with zero attached hydrogens (tertiary/aromatic N) is 1. The Labute approximate surface area is 180 Å². The maximum absolute atomic E-state index is 13.7. The van der Waals surface area contributed by atoms with E-state index >= 15 is 0 Å². The number of benzene rings is 3. The number of hydrogen-bond donors (Lipinski definition) is 1. The number of halogens is 2. The Morgan fingerprint density at radius 3 is 2.59 bits per heavy atom. The highest BCUT2D eigenvalue weighted by Crippen LogP contribution is 2.42. The third-order valence-electron chi connectivity index (χ3n) is 4.49. The quantitative estimate of drug-likeness (QED) is 0.538. The van der Waals surface area contributed by atoms with Crippen molar-refractivity contribution in [1.82, 2.24) is 0 Å². The van der Waals surface area contributed by atoms with Gasteiger partial charge in [-0.05, 0) is 60.2 Å². The Bertz CT molecular complexity index is 1070. The summed E-state index contributed by atoms with van der Waals surface area (Å²) in [6.07, 6.45) is 0. The van der Waals surface area contributed by atoms with Gasteiger partial charge in [-0.1, -0.05) is 34.1 Å². The van der Waals surface area contributed by atoms with Gasteiger partial charge in [0.1, 0.15) is 11.2 Å². The first-order chi connectivity index (χ1) is 14.0. The molecule has 0 radical (unpaired) electrons. The highest BCUT2D eigenvalue weighted by molar-refractivity contribution is 9.10. The van der Waals surface area contributed by atoms with Gasteiger partial charge in [0, 0.05) is 21.4 Å². The van der Waals surface area contributed by atoms with Gasteiger partial charge in [-0.2, -0.15) is 0 Å². The van der Waals surface area contributed by atoms with Gasteiger partial charge in [0.05, 0.1) is 5.75 Å². The Hall–Kier alpha value is -2.64. The molecule has 4 nitrogen and oxygen atoms in total. The topological polar surface area (TPSA) is 49.4 Å². The third kappa shape index (κ3) is 4.36. The monoisotopic (exact) mass is 470 g/mol. The largest absolute Gasteiger partial charge is 0.322 e. The zero-order chi connectivity index (χ0) is 20.4. The van der Waals surface area contributed by atoms with Gasteiger partial charge in [0.15, 0.2) is 0 Å². The molecule has 1 atom stereocenters. The molecule has 1 heterocycles. The number of thioether (sulfide) groups is 1. The number of amides is 2. The number of anilines is 2. The van der Waals surface area contributed by atoms with Crippen molar-refractivity contribution in [3.05, 3.63) is 94.2 Å². The molecule has 1 aliphatic heterocycles. The minimum atomic E-state index is -0.388. The lowest BCUT2D eigenvalue weighted by Crippen LogP contribution is -2.27. The average Bonchev–Trinajstić information content (AvgIpc) is 3.10. The lowest BCUT2D eigenvalue weighted by atomic mass is 10.1. The number of carbonyl (C=O) groups excluding carboxylic acids is 2. The first-order valence-electron chi connectivity index (χ1n) is 8.87. The van der Waals surface area contributed by atoms with E-state index < -0.39 is 0 Å². The first-order valence-corrected chi connectivity index (χ1v) is 10.7. The Morgan fingerprint density at radius 2 is 1.83 bits per heavy atom. The fourth-order valence-corrected chi connectivity index (χ4v) is 4.58.